The third-order valence-corrected chi connectivity index (χ3v) is 2.40. The van der Waals surface area contributed by atoms with Crippen molar-refractivity contribution in [2.75, 3.05) is 14.1 Å². The van der Waals surface area contributed by atoms with E-state index in [4.69, 9.17) is 11.6 Å². The Morgan fingerprint density at radius 3 is 2.06 bits per heavy atom. The number of halogens is 4. The molecule has 0 N–H and O–H groups in total. The van der Waals surface area contributed by atoms with Crippen LogP contribution in [0.3, 0.4) is 0 Å². The molecule has 0 heterocycles. The average molecular weight is 252 g/mol. The highest BCUT2D eigenvalue weighted by atomic mass is 35.5. The zero-order valence-electron chi connectivity index (χ0n) is 8.60. The Balaban J connectivity index is 3.10. The summed E-state index contributed by atoms with van der Waals surface area (Å²) in [6.07, 6.45) is 0. The van der Waals surface area contributed by atoms with Gasteiger partial charge in [-0.05, 0) is 17.7 Å². The lowest BCUT2D eigenvalue weighted by Crippen LogP contribution is -2.25. The van der Waals surface area contributed by atoms with E-state index in [1.165, 1.54) is 19.0 Å². The van der Waals surface area contributed by atoms with Crippen molar-refractivity contribution in [3.63, 3.8) is 0 Å². The summed E-state index contributed by atoms with van der Waals surface area (Å²) < 4.78 is 38.4. The zero-order valence-corrected chi connectivity index (χ0v) is 9.36. The number of nitrogens with zero attached hydrogens (tertiary/aromatic N) is 1. The SMILES string of the molecule is CN(C)C(=O)C(Cl)c1cc(F)c(F)c(F)c1. The zero-order chi connectivity index (χ0) is 12.5. The van der Waals surface area contributed by atoms with Crippen LogP contribution in [0.4, 0.5) is 13.2 Å². The molecule has 1 atom stereocenters. The maximum absolute atomic E-state index is 12.9. The van der Waals surface area contributed by atoms with Crippen LogP contribution >= 0.6 is 11.6 Å². The number of hydrogen-bond donors (Lipinski definition) is 0. The molecule has 0 bridgehead atoms. The second kappa shape index (κ2) is 4.74. The first kappa shape index (κ1) is 12.8. The summed E-state index contributed by atoms with van der Waals surface area (Å²) in [6, 6.07) is 1.41. The molecule has 1 aromatic rings. The molecule has 0 saturated carbocycles. The number of likely N-dealkylation sites (N-methyl/N-ethyl adjacent to an activating group) is 1. The number of rotatable bonds is 2. The third kappa shape index (κ3) is 2.47. The Morgan fingerprint density at radius 2 is 1.69 bits per heavy atom. The first-order valence-electron chi connectivity index (χ1n) is 4.34. The quantitative estimate of drug-likeness (QED) is 0.584. The van der Waals surface area contributed by atoms with Gasteiger partial charge in [-0.25, -0.2) is 13.2 Å². The van der Waals surface area contributed by atoms with Gasteiger partial charge in [-0.1, -0.05) is 0 Å². The van der Waals surface area contributed by atoms with Crippen molar-refractivity contribution in [3.05, 3.63) is 35.1 Å². The lowest BCUT2D eigenvalue weighted by Gasteiger charge is -2.15. The maximum atomic E-state index is 12.9. The molecule has 16 heavy (non-hydrogen) atoms. The molecular weight excluding hydrogens is 243 g/mol. The molecule has 0 aliphatic rings. The molecule has 0 radical (unpaired) electrons. The Morgan fingerprint density at radius 1 is 1.25 bits per heavy atom. The fourth-order valence-electron chi connectivity index (χ4n) is 1.09. The summed E-state index contributed by atoms with van der Waals surface area (Å²) in [6.45, 7) is 0. The topological polar surface area (TPSA) is 20.3 Å². The van der Waals surface area contributed by atoms with Gasteiger partial charge in [0.05, 0.1) is 0 Å². The predicted molar refractivity (Wildman–Crippen MR) is 53.6 cm³/mol. The average Bonchev–Trinajstić information content (AvgIpc) is 2.22. The molecule has 6 heteroatoms. The van der Waals surface area contributed by atoms with Crippen molar-refractivity contribution in [1.82, 2.24) is 4.90 Å². The molecule has 1 rings (SSSR count). The Hall–Kier alpha value is -1.23. The van der Waals surface area contributed by atoms with Crippen molar-refractivity contribution in [1.29, 1.82) is 0 Å². The molecule has 0 aromatic heterocycles. The van der Waals surface area contributed by atoms with Gasteiger partial charge in [0, 0.05) is 14.1 Å². The summed E-state index contributed by atoms with van der Waals surface area (Å²) in [5.41, 5.74) is -0.114. The fraction of sp³-hybridized carbons (Fsp3) is 0.300. The highest BCUT2D eigenvalue weighted by molar-refractivity contribution is 6.30. The van der Waals surface area contributed by atoms with Crippen LogP contribution in [0.2, 0.25) is 0 Å². The molecule has 88 valence electrons. The van der Waals surface area contributed by atoms with Gasteiger partial charge in [-0.15, -0.1) is 11.6 Å². The van der Waals surface area contributed by atoms with Crippen LogP contribution in [-0.2, 0) is 4.79 Å². The van der Waals surface area contributed by atoms with Crippen molar-refractivity contribution in [3.8, 4) is 0 Å². The summed E-state index contributed by atoms with van der Waals surface area (Å²) in [4.78, 5) is 12.6. The standard InChI is InChI=1S/C10H9ClF3NO/c1-15(2)10(16)8(11)5-3-6(12)9(14)7(13)4-5/h3-4,8H,1-2H3. The monoisotopic (exact) mass is 251 g/mol. The largest absolute Gasteiger partial charge is 0.347 e. The smallest absolute Gasteiger partial charge is 0.244 e. The maximum Gasteiger partial charge on any atom is 0.244 e. The molecule has 0 fully saturated rings. The molecule has 1 aromatic carbocycles. The van der Waals surface area contributed by atoms with Crippen LogP contribution in [0.25, 0.3) is 0 Å². The van der Waals surface area contributed by atoms with Crippen LogP contribution in [0.1, 0.15) is 10.9 Å². The second-order valence-corrected chi connectivity index (χ2v) is 3.83. The van der Waals surface area contributed by atoms with E-state index >= 15 is 0 Å². The van der Waals surface area contributed by atoms with Gasteiger partial charge in [0.2, 0.25) is 5.91 Å². The summed E-state index contributed by atoms with van der Waals surface area (Å²) in [7, 11) is 2.90. The van der Waals surface area contributed by atoms with Crippen molar-refractivity contribution in [2.45, 2.75) is 5.38 Å². The Bertz CT molecular complexity index is 400. The summed E-state index contributed by atoms with van der Waals surface area (Å²) in [5, 5.41) is -1.24. The Labute approximate surface area is 95.6 Å². The molecule has 1 unspecified atom stereocenters. The van der Waals surface area contributed by atoms with E-state index in [1.54, 1.807) is 0 Å². The molecule has 1 amide bonds. The van der Waals surface area contributed by atoms with Crippen LogP contribution in [0.5, 0.6) is 0 Å². The number of alkyl halides is 1. The van der Waals surface area contributed by atoms with Gasteiger partial charge in [0.15, 0.2) is 17.5 Å². The van der Waals surface area contributed by atoms with E-state index in [2.05, 4.69) is 0 Å². The molecular formula is C10H9ClF3NO. The fourth-order valence-corrected chi connectivity index (χ4v) is 1.41. The van der Waals surface area contributed by atoms with Gasteiger partial charge in [0.25, 0.3) is 0 Å². The minimum absolute atomic E-state index is 0.114. The minimum Gasteiger partial charge on any atom is -0.347 e. The van der Waals surface area contributed by atoms with E-state index in [1.807, 2.05) is 0 Å². The third-order valence-electron chi connectivity index (χ3n) is 1.96. The van der Waals surface area contributed by atoms with Crippen LogP contribution in [0.15, 0.2) is 12.1 Å². The van der Waals surface area contributed by atoms with Crippen LogP contribution in [-0.4, -0.2) is 24.9 Å². The number of hydrogen-bond acceptors (Lipinski definition) is 1. The normalized spacial score (nSPS) is 12.4. The van der Waals surface area contributed by atoms with Crippen molar-refractivity contribution < 1.29 is 18.0 Å². The lowest BCUT2D eigenvalue weighted by molar-refractivity contribution is -0.128. The molecule has 2 nitrogen and oxygen atoms in total. The van der Waals surface area contributed by atoms with E-state index in [0.717, 1.165) is 0 Å². The second-order valence-electron chi connectivity index (χ2n) is 3.39. The van der Waals surface area contributed by atoms with Crippen LogP contribution < -0.4 is 0 Å². The number of carbonyl (C=O) groups excluding carboxylic acids is 1. The van der Waals surface area contributed by atoms with E-state index in [0.29, 0.717) is 12.1 Å². The molecule has 0 saturated heterocycles. The minimum atomic E-state index is -1.58. The highest BCUT2D eigenvalue weighted by Crippen LogP contribution is 2.25. The molecule has 0 aliphatic heterocycles. The van der Waals surface area contributed by atoms with Gasteiger partial charge in [0.1, 0.15) is 5.38 Å². The van der Waals surface area contributed by atoms with Crippen molar-refractivity contribution in [2.24, 2.45) is 0 Å². The number of carbonyl (C=O) groups is 1. The number of benzene rings is 1. The summed E-state index contributed by atoms with van der Waals surface area (Å²) in [5.74, 6) is -4.85. The van der Waals surface area contributed by atoms with Crippen LogP contribution in [0, 0.1) is 17.5 Å². The van der Waals surface area contributed by atoms with Gasteiger partial charge >= 0.3 is 0 Å². The van der Waals surface area contributed by atoms with E-state index in [-0.39, 0.29) is 5.56 Å². The van der Waals surface area contributed by atoms with E-state index in [9.17, 15) is 18.0 Å². The predicted octanol–water partition coefficient (Wildman–Crippen LogP) is 2.47. The first-order valence-corrected chi connectivity index (χ1v) is 4.78. The lowest BCUT2D eigenvalue weighted by atomic mass is 10.1. The first-order chi connectivity index (χ1) is 7.34. The summed E-state index contributed by atoms with van der Waals surface area (Å²) >= 11 is 5.70. The molecule has 0 aliphatic carbocycles. The van der Waals surface area contributed by atoms with Gasteiger partial charge in [-0.2, -0.15) is 0 Å². The van der Waals surface area contributed by atoms with Crippen molar-refractivity contribution >= 4 is 17.5 Å². The molecule has 0 spiro atoms. The Kier molecular flexibility index (Phi) is 3.80. The highest BCUT2D eigenvalue weighted by Gasteiger charge is 2.22. The number of amides is 1. The van der Waals surface area contributed by atoms with Gasteiger partial charge in [-0.3, -0.25) is 4.79 Å². The van der Waals surface area contributed by atoms with E-state index < -0.39 is 28.7 Å². The van der Waals surface area contributed by atoms with Gasteiger partial charge < -0.3 is 4.90 Å².